The van der Waals surface area contributed by atoms with Gasteiger partial charge in [0.25, 0.3) is 0 Å². The molecule has 0 spiro atoms. The standard InChI is InChI=1S/C11H14OS/c1-9-3-2-4-10(7-9)12-8-11-5-6-13-11/h2-4,7,11H,5-6,8H2,1H3. The van der Waals surface area contributed by atoms with E-state index in [0.29, 0.717) is 0 Å². The average Bonchev–Trinajstić information content (AvgIpc) is 2.01. The number of aryl methyl sites for hydroxylation is 1. The second-order valence-electron chi connectivity index (χ2n) is 3.41. The Morgan fingerprint density at radius 3 is 3.00 bits per heavy atom. The van der Waals surface area contributed by atoms with Gasteiger partial charge < -0.3 is 4.74 Å². The Bertz CT molecular complexity index is 281. The fourth-order valence-corrected chi connectivity index (χ4v) is 2.04. The number of benzene rings is 1. The van der Waals surface area contributed by atoms with Gasteiger partial charge in [-0.2, -0.15) is 11.8 Å². The van der Waals surface area contributed by atoms with Crippen LogP contribution < -0.4 is 4.74 Å². The van der Waals surface area contributed by atoms with Crippen molar-refractivity contribution < 1.29 is 4.74 Å². The van der Waals surface area contributed by atoms with Crippen LogP contribution in [0.3, 0.4) is 0 Å². The van der Waals surface area contributed by atoms with Crippen LogP contribution in [0.1, 0.15) is 12.0 Å². The first kappa shape index (κ1) is 8.95. The molecule has 1 unspecified atom stereocenters. The van der Waals surface area contributed by atoms with Gasteiger partial charge in [0.1, 0.15) is 12.4 Å². The van der Waals surface area contributed by atoms with Crippen molar-refractivity contribution in [2.24, 2.45) is 0 Å². The first-order chi connectivity index (χ1) is 6.34. The molecule has 0 aromatic heterocycles. The van der Waals surface area contributed by atoms with E-state index in [0.717, 1.165) is 17.6 Å². The number of rotatable bonds is 3. The van der Waals surface area contributed by atoms with E-state index in [1.165, 1.54) is 17.7 Å². The summed E-state index contributed by atoms with van der Waals surface area (Å²) in [5.41, 5.74) is 1.26. The summed E-state index contributed by atoms with van der Waals surface area (Å²) in [6, 6.07) is 8.24. The lowest BCUT2D eigenvalue weighted by Gasteiger charge is -2.24. The van der Waals surface area contributed by atoms with E-state index in [1.54, 1.807) is 0 Å². The van der Waals surface area contributed by atoms with Crippen molar-refractivity contribution in [1.29, 1.82) is 0 Å². The van der Waals surface area contributed by atoms with Crippen LogP contribution in [0, 0.1) is 6.92 Å². The van der Waals surface area contributed by atoms with E-state index < -0.39 is 0 Å². The summed E-state index contributed by atoms with van der Waals surface area (Å²) in [5.74, 6) is 2.31. The van der Waals surface area contributed by atoms with Gasteiger partial charge >= 0.3 is 0 Å². The Kier molecular flexibility index (Phi) is 2.79. The molecular weight excluding hydrogens is 180 g/mol. The predicted molar refractivity (Wildman–Crippen MR) is 57.5 cm³/mol. The minimum atomic E-state index is 0.737. The molecule has 13 heavy (non-hydrogen) atoms. The molecule has 2 heteroatoms. The van der Waals surface area contributed by atoms with E-state index in [-0.39, 0.29) is 0 Å². The second kappa shape index (κ2) is 4.05. The van der Waals surface area contributed by atoms with Gasteiger partial charge in [0.05, 0.1) is 0 Å². The molecule has 0 aliphatic carbocycles. The molecular formula is C11H14OS. The van der Waals surface area contributed by atoms with Crippen LogP contribution in [-0.4, -0.2) is 17.6 Å². The highest BCUT2D eigenvalue weighted by Crippen LogP contribution is 2.28. The Hall–Kier alpha value is -0.630. The van der Waals surface area contributed by atoms with Gasteiger partial charge in [0.15, 0.2) is 0 Å². The quantitative estimate of drug-likeness (QED) is 0.731. The zero-order valence-electron chi connectivity index (χ0n) is 7.82. The van der Waals surface area contributed by atoms with Crippen molar-refractivity contribution in [2.45, 2.75) is 18.6 Å². The van der Waals surface area contributed by atoms with E-state index in [2.05, 4.69) is 19.1 Å². The molecule has 1 aromatic carbocycles. The van der Waals surface area contributed by atoms with Crippen molar-refractivity contribution in [3.05, 3.63) is 29.8 Å². The molecule has 0 bridgehead atoms. The fraction of sp³-hybridized carbons (Fsp3) is 0.455. The average molecular weight is 194 g/mol. The maximum absolute atomic E-state index is 5.67. The maximum atomic E-state index is 5.67. The molecule has 1 aliphatic heterocycles. The maximum Gasteiger partial charge on any atom is 0.119 e. The molecule has 1 nitrogen and oxygen atoms in total. The Labute approximate surface area is 83.5 Å². The monoisotopic (exact) mass is 194 g/mol. The van der Waals surface area contributed by atoms with Crippen LogP contribution in [0.2, 0.25) is 0 Å². The fourth-order valence-electron chi connectivity index (χ4n) is 1.31. The van der Waals surface area contributed by atoms with Gasteiger partial charge in [0, 0.05) is 5.25 Å². The summed E-state index contributed by atoms with van der Waals surface area (Å²) in [7, 11) is 0. The minimum absolute atomic E-state index is 0.737. The van der Waals surface area contributed by atoms with Crippen molar-refractivity contribution in [3.63, 3.8) is 0 Å². The largest absolute Gasteiger partial charge is 0.492 e. The van der Waals surface area contributed by atoms with Crippen molar-refractivity contribution in [3.8, 4) is 5.75 Å². The lowest BCUT2D eigenvalue weighted by molar-refractivity contribution is 0.310. The molecule has 2 rings (SSSR count). The van der Waals surface area contributed by atoms with Crippen LogP contribution in [-0.2, 0) is 0 Å². The van der Waals surface area contributed by atoms with Crippen molar-refractivity contribution in [2.75, 3.05) is 12.4 Å². The molecule has 1 saturated heterocycles. The Morgan fingerprint density at radius 2 is 2.38 bits per heavy atom. The van der Waals surface area contributed by atoms with E-state index in [4.69, 9.17) is 4.74 Å². The normalized spacial score (nSPS) is 20.8. The van der Waals surface area contributed by atoms with Crippen LogP contribution >= 0.6 is 11.8 Å². The van der Waals surface area contributed by atoms with Gasteiger partial charge in [-0.25, -0.2) is 0 Å². The van der Waals surface area contributed by atoms with Crippen LogP contribution in [0.15, 0.2) is 24.3 Å². The number of ether oxygens (including phenoxy) is 1. The van der Waals surface area contributed by atoms with E-state index in [1.807, 2.05) is 23.9 Å². The molecule has 1 aliphatic rings. The molecule has 1 atom stereocenters. The highest BCUT2D eigenvalue weighted by Gasteiger charge is 2.18. The smallest absolute Gasteiger partial charge is 0.119 e. The van der Waals surface area contributed by atoms with Gasteiger partial charge in [0.2, 0.25) is 0 Å². The summed E-state index contributed by atoms with van der Waals surface area (Å²) in [6.07, 6.45) is 1.32. The van der Waals surface area contributed by atoms with Gasteiger partial charge in [-0.05, 0) is 36.8 Å². The third-order valence-corrected chi connectivity index (χ3v) is 3.53. The number of thioether (sulfide) groups is 1. The molecule has 0 amide bonds. The topological polar surface area (TPSA) is 9.23 Å². The lowest BCUT2D eigenvalue weighted by atomic mass is 10.2. The third kappa shape index (κ3) is 2.41. The molecule has 1 aromatic rings. The van der Waals surface area contributed by atoms with Gasteiger partial charge in [-0.1, -0.05) is 12.1 Å². The van der Waals surface area contributed by atoms with Crippen molar-refractivity contribution in [1.82, 2.24) is 0 Å². The predicted octanol–water partition coefficient (Wildman–Crippen LogP) is 2.88. The third-order valence-electron chi connectivity index (χ3n) is 2.22. The summed E-state index contributed by atoms with van der Waals surface area (Å²) < 4.78 is 5.67. The molecule has 0 saturated carbocycles. The summed E-state index contributed by atoms with van der Waals surface area (Å²) >= 11 is 2.00. The summed E-state index contributed by atoms with van der Waals surface area (Å²) in [5, 5.41) is 0.737. The SMILES string of the molecule is Cc1cccc(OCC2CCS2)c1. The molecule has 70 valence electrons. The Morgan fingerprint density at radius 1 is 1.54 bits per heavy atom. The molecule has 0 N–H and O–H groups in total. The molecule has 0 radical (unpaired) electrons. The van der Waals surface area contributed by atoms with Crippen LogP contribution in [0.25, 0.3) is 0 Å². The minimum Gasteiger partial charge on any atom is -0.492 e. The second-order valence-corrected chi connectivity index (χ2v) is 4.82. The zero-order valence-corrected chi connectivity index (χ0v) is 8.64. The van der Waals surface area contributed by atoms with Crippen molar-refractivity contribution >= 4 is 11.8 Å². The van der Waals surface area contributed by atoms with Crippen LogP contribution in [0.5, 0.6) is 5.75 Å². The first-order valence-corrected chi connectivity index (χ1v) is 5.70. The molecule has 1 heterocycles. The summed E-state index contributed by atoms with van der Waals surface area (Å²) in [4.78, 5) is 0. The van der Waals surface area contributed by atoms with Gasteiger partial charge in [-0.3, -0.25) is 0 Å². The van der Waals surface area contributed by atoms with Gasteiger partial charge in [-0.15, -0.1) is 0 Å². The highest BCUT2D eigenvalue weighted by atomic mass is 32.2. The van der Waals surface area contributed by atoms with E-state index in [9.17, 15) is 0 Å². The lowest BCUT2D eigenvalue weighted by Crippen LogP contribution is -2.23. The zero-order chi connectivity index (χ0) is 9.10. The van der Waals surface area contributed by atoms with Crippen LogP contribution in [0.4, 0.5) is 0 Å². The number of hydrogen-bond donors (Lipinski definition) is 0. The Balaban J connectivity index is 1.86. The first-order valence-electron chi connectivity index (χ1n) is 4.66. The van der Waals surface area contributed by atoms with E-state index >= 15 is 0 Å². The molecule has 1 fully saturated rings. The number of hydrogen-bond acceptors (Lipinski definition) is 2. The highest BCUT2D eigenvalue weighted by molar-refractivity contribution is 8.01. The summed E-state index contributed by atoms with van der Waals surface area (Å²) in [6.45, 7) is 2.96.